The molecule has 0 heterocycles. The molecule has 1 aliphatic rings. The first kappa shape index (κ1) is 17.0. The SMILES string of the molecule is COc1ccc2c(c1)CC(C)(C)C(c1ccc(OC)cc1[N+](=O)[O-])=C2. The minimum absolute atomic E-state index is 0.0654. The van der Waals surface area contributed by atoms with Crippen molar-refractivity contribution in [3.05, 3.63) is 63.2 Å². The van der Waals surface area contributed by atoms with E-state index in [1.807, 2.05) is 24.3 Å². The zero-order valence-electron chi connectivity index (χ0n) is 14.8. The van der Waals surface area contributed by atoms with E-state index in [1.54, 1.807) is 19.2 Å². The highest BCUT2D eigenvalue weighted by atomic mass is 16.6. The zero-order chi connectivity index (χ0) is 18.2. The van der Waals surface area contributed by atoms with Gasteiger partial charge in [0.05, 0.1) is 30.8 Å². The molecule has 0 aromatic heterocycles. The Morgan fingerprint density at radius 2 is 1.68 bits per heavy atom. The van der Waals surface area contributed by atoms with E-state index in [1.165, 1.54) is 18.7 Å². The molecule has 0 saturated carbocycles. The lowest BCUT2D eigenvalue weighted by Gasteiger charge is -2.33. The van der Waals surface area contributed by atoms with Gasteiger partial charge in [0.1, 0.15) is 11.5 Å². The van der Waals surface area contributed by atoms with Crippen LogP contribution in [0.3, 0.4) is 0 Å². The van der Waals surface area contributed by atoms with Crippen molar-refractivity contribution < 1.29 is 14.4 Å². The maximum absolute atomic E-state index is 11.6. The molecular formula is C20H21NO4. The molecular weight excluding hydrogens is 318 g/mol. The molecule has 3 rings (SSSR count). The van der Waals surface area contributed by atoms with E-state index in [2.05, 4.69) is 13.8 Å². The summed E-state index contributed by atoms with van der Waals surface area (Å²) in [6.45, 7) is 4.21. The van der Waals surface area contributed by atoms with Crippen LogP contribution in [0.4, 0.5) is 5.69 Å². The van der Waals surface area contributed by atoms with E-state index < -0.39 is 0 Å². The summed E-state index contributed by atoms with van der Waals surface area (Å²) in [4.78, 5) is 11.2. The van der Waals surface area contributed by atoms with Gasteiger partial charge in [-0.1, -0.05) is 26.0 Å². The summed E-state index contributed by atoms with van der Waals surface area (Å²) in [5.41, 5.74) is 3.68. The maximum atomic E-state index is 11.6. The normalized spacial score (nSPS) is 15.1. The Hall–Kier alpha value is -2.82. The molecule has 0 bridgehead atoms. The second-order valence-corrected chi connectivity index (χ2v) is 6.82. The quantitative estimate of drug-likeness (QED) is 0.596. The van der Waals surface area contributed by atoms with Gasteiger partial charge in [-0.3, -0.25) is 10.1 Å². The van der Waals surface area contributed by atoms with E-state index in [0.29, 0.717) is 11.3 Å². The fourth-order valence-electron chi connectivity index (χ4n) is 3.38. The Labute approximate surface area is 147 Å². The van der Waals surface area contributed by atoms with Crippen LogP contribution in [-0.4, -0.2) is 19.1 Å². The molecule has 0 amide bonds. The minimum Gasteiger partial charge on any atom is -0.497 e. The van der Waals surface area contributed by atoms with Gasteiger partial charge in [-0.05, 0) is 52.8 Å². The molecule has 0 N–H and O–H groups in total. The number of ether oxygens (including phenoxy) is 2. The highest BCUT2D eigenvalue weighted by Crippen LogP contribution is 2.47. The maximum Gasteiger partial charge on any atom is 0.280 e. The molecule has 0 fully saturated rings. The molecule has 2 aromatic carbocycles. The number of rotatable bonds is 4. The van der Waals surface area contributed by atoms with Crippen LogP contribution in [0.5, 0.6) is 11.5 Å². The van der Waals surface area contributed by atoms with Crippen LogP contribution >= 0.6 is 0 Å². The number of methoxy groups -OCH3 is 2. The average molecular weight is 339 g/mol. The van der Waals surface area contributed by atoms with Gasteiger partial charge in [-0.15, -0.1) is 0 Å². The fourth-order valence-corrected chi connectivity index (χ4v) is 3.38. The molecule has 0 atom stereocenters. The Balaban J connectivity index is 2.18. The average Bonchev–Trinajstić information content (AvgIpc) is 2.59. The van der Waals surface area contributed by atoms with Crippen molar-refractivity contribution in [2.75, 3.05) is 14.2 Å². The van der Waals surface area contributed by atoms with Crippen molar-refractivity contribution in [3.8, 4) is 11.5 Å². The lowest BCUT2D eigenvalue weighted by molar-refractivity contribution is -0.385. The fraction of sp³-hybridized carbons (Fsp3) is 0.300. The van der Waals surface area contributed by atoms with Crippen LogP contribution < -0.4 is 9.47 Å². The van der Waals surface area contributed by atoms with Gasteiger partial charge in [-0.2, -0.15) is 0 Å². The summed E-state index contributed by atoms with van der Waals surface area (Å²) in [5, 5.41) is 11.6. The Kier molecular flexibility index (Phi) is 4.25. The standard InChI is InChI=1S/C20H21NO4/c1-20(2)12-14-9-15(24-3)6-5-13(14)10-18(20)17-8-7-16(25-4)11-19(17)21(22)23/h5-11H,12H2,1-4H3. The van der Waals surface area contributed by atoms with Gasteiger partial charge >= 0.3 is 0 Å². The van der Waals surface area contributed by atoms with Crippen LogP contribution in [0.25, 0.3) is 11.6 Å². The second kappa shape index (κ2) is 6.24. The van der Waals surface area contributed by atoms with E-state index in [9.17, 15) is 10.1 Å². The van der Waals surface area contributed by atoms with Gasteiger partial charge in [0.25, 0.3) is 5.69 Å². The van der Waals surface area contributed by atoms with Crippen molar-refractivity contribution in [3.63, 3.8) is 0 Å². The molecule has 5 heteroatoms. The van der Waals surface area contributed by atoms with E-state index in [4.69, 9.17) is 9.47 Å². The number of benzene rings is 2. The molecule has 130 valence electrons. The summed E-state index contributed by atoms with van der Waals surface area (Å²) in [7, 11) is 3.16. The summed E-state index contributed by atoms with van der Waals surface area (Å²) in [5.74, 6) is 1.30. The number of fused-ring (bicyclic) bond motifs is 1. The highest BCUT2D eigenvalue weighted by Gasteiger charge is 2.33. The molecule has 1 aliphatic carbocycles. The molecule has 0 aliphatic heterocycles. The van der Waals surface area contributed by atoms with Crippen LogP contribution in [0.15, 0.2) is 36.4 Å². The third kappa shape index (κ3) is 3.09. The monoisotopic (exact) mass is 339 g/mol. The number of hydrogen-bond donors (Lipinski definition) is 0. The molecule has 25 heavy (non-hydrogen) atoms. The lowest BCUT2D eigenvalue weighted by atomic mass is 9.70. The van der Waals surface area contributed by atoms with Crippen LogP contribution in [0, 0.1) is 15.5 Å². The van der Waals surface area contributed by atoms with Gasteiger partial charge in [0, 0.05) is 0 Å². The third-order valence-electron chi connectivity index (χ3n) is 4.70. The molecule has 0 radical (unpaired) electrons. The van der Waals surface area contributed by atoms with Crippen molar-refractivity contribution in [2.24, 2.45) is 5.41 Å². The highest BCUT2D eigenvalue weighted by molar-refractivity contribution is 5.90. The van der Waals surface area contributed by atoms with Gasteiger partial charge < -0.3 is 9.47 Å². The van der Waals surface area contributed by atoms with E-state index >= 15 is 0 Å². The first-order valence-electron chi connectivity index (χ1n) is 8.07. The topological polar surface area (TPSA) is 61.6 Å². The first-order chi connectivity index (χ1) is 11.9. The van der Waals surface area contributed by atoms with Crippen LogP contribution in [0.1, 0.15) is 30.5 Å². The number of allylic oxidation sites excluding steroid dienone is 1. The van der Waals surface area contributed by atoms with E-state index in [-0.39, 0.29) is 16.0 Å². The molecule has 5 nitrogen and oxygen atoms in total. The molecule has 0 unspecified atom stereocenters. The van der Waals surface area contributed by atoms with Gasteiger partial charge in [-0.25, -0.2) is 0 Å². The van der Waals surface area contributed by atoms with Crippen LogP contribution in [0.2, 0.25) is 0 Å². The number of nitro groups is 1. The number of nitrogens with zero attached hydrogens (tertiary/aromatic N) is 1. The lowest BCUT2D eigenvalue weighted by Crippen LogP contribution is -2.22. The third-order valence-corrected chi connectivity index (χ3v) is 4.70. The predicted octanol–water partition coefficient (Wildman–Crippen LogP) is 4.73. The largest absolute Gasteiger partial charge is 0.497 e. The zero-order valence-corrected chi connectivity index (χ0v) is 14.8. The smallest absolute Gasteiger partial charge is 0.280 e. The number of hydrogen-bond acceptors (Lipinski definition) is 4. The predicted molar refractivity (Wildman–Crippen MR) is 98.0 cm³/mol. The summed E-state index contributed by atoms with van der Waals surface area (Å²) in [6, 6.07) is 11.0. The van der Waals surface area contributed by atoms with E-state index in [0.717, 1.165) is 23.3 Å². The second-order valence-electron chi connectivity index (χ2n) is 6.82. The molecule has 0 spiro atoms. The number of nitro benzene ring substituents is 1. The summed E-state index contributed by atoms with van der Waals surface area (Å²) >= 11 is 0. The summed E-state index contributed by atoms with van der Waals surface area (Å²) < 4.78 is 10.5. The van der Waals surface area contributed by atoms with Crippen LogP contribution in [-0.2, 0) is 6.42 Å². The first-order valence-corrected chi connectivity index (χ1v) is 8.07. The minimum atomic E-state index is -0.349. The summed E-state index contributed by atoms with van der Waals surface area (Å²) in [6.07, 6.45) is 2.83. The van der Waals surface area contributed by atoms with Gasteiger partial charge in [0.15, 0.2) is 0 Å². The Morgan fingerprint density at radius 3 is 2.32 bits per heavy atom. The van der Waals surface area contributed by atoms with Crippen molar-refractivity contribution in [1.29, 1.82) is 0 Å². The Morgan fingerprint density at radius 1 is 1.04 bits per heavy atom. The molecule has 0 saturated heterocycles. The molecule has 2 aromatic rings. The van der Waals surface area contributed by atoms with Gasteiger partial charge in [0.2, 0.25) is 0 Å². The Bertz CT molecular complexity index is 868. The van der Waals surface area contributed by atoms with Crippen molar-refractivity contribution in [2.45, 2.75) is 20.3 Å². The van der Waals surface area contributed by atoms with Crippen molar-refractivity contribution in [1.82, 2.24) is 0 Å². The van der Waals surface area contributed by atoms with Crippen molar-refractivity contribution >= 4 is 17.3 Å².